The number of phosphoric acid groups is 2. The van der Waals surface area contributed by atoms with Crippen LogP contribution in [0.1, 0.15) is 46.0 Å². The van der Waals surface area contributed by atoms with Crippen LogP contribution in [0.15, 0.2) is 0 Å². The van der Waals surface area contributed by atoms with Gasteiger partial charge in [-0.25, -0.2) is 13.9 Å². The molecule has 0 heterocycles. The quantitative estimate of drug-likeness (QED) is 0.0272. The van der Waals surface area contributed by atoms with E-state index in [0.717, 1.165) is 7.11 Å². The standard InChI is InChI=1S/C35H68N4O21P2/c1-28(2)34(44)39-30(35(45)46)7-8-31(41)37-10-12-52-16-19-57-27-33(43)38-11-13-53-17-18-56-26-32(42)36-9-5-4-6-29(24-40)25-60-62(49,50)59-23-21-55-15-14-54-20-22-58-61(47,48)51-3/h28-30,40H,4-27H2,1-3H3,(H,36,42)(H,37,41)(H,38,43)(H,39,44)(H,45,46)(H,47,48)(H,49,50)/t29?,30-/m1/s1. The molecule has 25 nitrogen and oxygen atoms in total. The number of nitrogens with one attached hydrogen (secondary N) is 4. The van der Waals surface area contributed by atoms with Crippen molar-refractivity contribution in [2.45, 2.75) is 52.0 Å². The smallest absolute Gasteiger partial charge is 0.472 e. The highest BCUT2D eigenvalue weighted by atomic mass is 31.2. The molecule has 0 radical (unpaired) electrons. The molecule has 62 heavy (non-hydrogen) atoms. The molecule has 0 spiro atoms. The number of amides is 4. The van der Waals surface area contributed by atoms with Gasteiger partial charge in [0.2, 0.25) is 23.6 Å². The number of ether oxygens (including phenoxy) is 6. The van der Waals surface area contributed by atoms with Gasteiger partial charge in [0.1, 0.15) is 19.3 Å². The van der Waals surface area contributed by atoms with Gasteiger partial charge in [-0.2, -0.15) is 0 Å². The number of aliphatic carboxylic acids is 1. The van der Waals surface area contributed by atoms with Crippen LogP contribution in [0.5, 0.6) is 0 Å². The molecule has 8 N–H and O–H groups in total. The molecule has 0 aliphatic heterocycles. The lowest BCUT2D eigenvalue weighted by Gasteiger charge is -2.17. The van der Waals surface area contributed by atoms with Gasteiger partial charge in [-0.1, -0.05) is 20.3 Å². The van der Waals surface area contributed by atoms with Gasteiger partial charge in [0, 0.05) is 51.6 Å². The molecule has 0 aliphatic rings. The van der Waals surface area contributed by atoms with Crippen LogP contribution >= 0.6 is 15.6 Å². The molecule has 0 aromatic carbocycles. The van der Waals surface area contributed by atoms with Crippen molar-refractivity contribution in [3.8, 4) is 0 Å². The van der Waals surface area contributed by atoms with Crippen LogP contribution in [0.25, 0.3) is 0 Å². The maximum Gasteiger partial charge on any atom is 0.472 e. The van der Waals surface area contributed by atoms with Gasteiger partial charge in [-0.05, 0) is 19.3 Å². The van der Waals surface area contributed by atoms with Gasteiger partial charge in [-0.15, -0.1) is 0 Å². The average molecular weight is 943 g/mol. The summed E-state index contributed by atoms with van der Waals surface area (Å²) in [5, 5.41) is 29.1. The number of phosphoric ester groups is 2. The maximum absolute atomic E-state index is 12.1. The Morgan fingerprint density at radius 3 is 1.55 bits per heavy atom. The van der Waals surface area contributed by atoms with E-state index < -0.39 is 39.5 Å². The summed E-state index contributed by atoms with van der Waals surface area (Å²) < 4.78 is 73.4. The molecule has 0 bridgehead atoms. The van der Waals surface area contributed by atoms with Crippen molar-refractivity contribution >= 4 is 45.2 Å². The van der Waals surface area contributed by atoms with Gasteiger partial charge in [0.05, 0.1) is 85.9 Å². The molecular formula is C35H68N4O21P2. The van der Waals surface area contributed by atoms with Crippen molar-refractivity contribution in [2.24, 2.45) is 11.8 Å². The second-order valence-electron chi connectivity index (χ2n) is 13.3. The maximum atomic E-state index is 12.1. The third-order valence-corrected chi connectivity index (χ3v) is 9.76. The van der Waals surface area contributed by atoms with E-state index in [1.807, 2.05) is 0 Å². The first-order chi connectivity index (χ1) is 29.5. The molecule has 0 aliphatic carbocycles. The Hall–Kier alpha value is -2.71. The predicted molar refractivity (Wildman–Crippen MR) is 217 cm³/mol. The van der Waals surface area contributed by atoms with Crippen LogP contribution in [-0.4, -0.2) is 188 Å². The van der Waals surface area contributed by atoms with Crippen molar-refractivity contribution in [1.29, 1.82) is 0 Å². The molecule has 4 amide bonds. The first-order valence-electron chi connectivity index (χ1n) is 20.1. The van der Waals surface area contributed by atoms with Crippen molar-refractivity contribution < 1.29 is 99.6 Å². The number of hydrogen-bond donors (Lipinski definition) is 8. The summed E-state index contributed by atoms with van der Waals surface area (Å²) in [6, 6.07) is -1.15. The molecule has 0 rings (SSSR count). The van der Waals surface area contributed by atoms with Crippen molar-refractivity contribution in [3.05, 3.63) is 0 Å². The molecule has 0 fully saturated rings. The molecule has 0 aromatic rings. The van der Waals surface area contributed by atoms with Crippen LogP contribution in [0.3, 0.4) is 0 Å². The predicted octanol–water partition coefficient (Wildman–Crippen LogP) is -0.884. The minimum Gasteiger partial charge on any atom is -0.480 e. The normalized spacial score (nSPS) is 14.4. The Kier molecular flexibility index (Phi) is 36.0. The van der Waals surface area contributed by atoms with E-state index in [1.165, 1.54) is 0 Å². The average Bonchev–Trinajstić information content (AvgIpc) is 3.22. The summed E-state index contributed by atoms with van der Waals surface area (Å²) in [4.78, 5) is 77.8. The molecule has 0 saturated carbocycles. The minimum atomic E-state index is -4.38. The number of carboxylic acid groups (broad SMARTS) is 1. The van der Waals surface area contributed by atoms with Crippen LogP contribution in [-0.2, 0) is 79.6 Å². The third-order valence-electron chi connectivity index (χ3n) is 7.81. The highest BCUT2D eigenvalue weighted by molar-refractivity contribution is 7.47. The number of carboxylic acids is 1. The summed E-state index contributed by atoms with van der Waals surface area (Å²) in [6.45, 7) is 4.12. The number of aliphatic hydroxyl groups is 1. The summed E-state index contributed by atoms with van der Waals surface area (Å²) in [5.74, 6) is -3.49. The van der Waals surface area contributed by atoms with Crippen LogP contribution in [0.4, 0.5) is 0 Å². The summed E-state index contributed by atoms with van der Waals surface area (Å²) >= 11 is 0. The molecule has 364 valence electrons. The number of hydrogen-bond acceptors (Lipinski definition) is 18. The Balaban J connectivity index is 3.70. The lowest BCUT2D eigenvalue weighted by atomic mass is 10.0. The lowest BCUT2D eigenvalue weighted by molar-refractivity contribution is -0.142. The lowest BCUT2D eigenvalue weighted by Crippen LogP contribution is -2.43. The third kappa shape index (κ3) is 36.7. The largest absolute Gasteiger partial charge is 0.480 e. The zero-order valence-corrected chi connectivity index (χ0v) is 37.6. The molecule has 3 unspecified atom stereocenters. The second kappa shape index (κ2) is 37.6. The van der Waals surface area contributed by atoms with E-state index in [0.29, 0.717) is 25.8 Å². The summed E-state index contributed by atoms with van der Waals surface area (Å²) in [5.41, 5.74) is 0. The highest BCUT2D eigenvalue weighted by Crippen LogP contribution is 2.43. The number of carbonyl (C=O) groups excluding carboxylic acids is 4. The van der Waals surface area contributed by atoms with E-state index >= 15 is 0 Å². The van der Waals surface area contributed by atoms with Crippen LogP contribution in [0, 0.1) is 11.8 Å². The SMILES string of the molecule is COP(=O)(O)OCCOCCOCCOP(=O)(O)OCC(CO)CCCCNC(=O)COCCOCCNC(=O)COCCOCCNC(=O)CC[C@@H](NC(=O)C(C)C)C(=O)O. The fourth-order valence-corrected chi connectivity index (χ4v) is 5.59. The Morgan fingerprint density at radius 1 is 0.581 bits per heavy atom. The summed E-state index contributed by atoms with van der Waals surface area (Å²) in [7, 11) is -7.39. The first kappa shape index (κ1) is 59.3. The zero-order chi connectivity index (χ0) is 46.5. The molecule has 4 atom stereocenters. The number of rotatable bonds is 43. The van der Waals surface area contributed by atoms with Gasteiger partial charge >= 0.3 is 21.6 Å². The van der Waals surface area contributed by atoms with Gasteiger partial charge < -0.3 is 69.7 Å². The monoisotopic (exact) mass is 942 g/mol. The summed E-state index contributed by atoms with van der Waals surface area (Å²) in [6.07, 6.45) is 1.51. The Bertz CT molecular complexity index is 1330. The fourth-order valence-electron chi connectivity index (χ4n) is 4.40. The molecule has 0 aromatic heterocycles. The fraction of sp³-hybridized carbons (Fsp3) is 0.857. The van der Waals surface area contributed by atoms with Gasteiger partial charge in [0.25, 0.3) is 0 Å². The van der Waals surface area contributed by atoms with Crippen molar-refractivity contribution in [2.75, 3.05) is 132 Å². The number of unbranched alkanes of at least 4 members (excludes halogenated alkanes) is 1. The number of carbonyl (C=O) groups is 5. The Morgan fingerprint density at radius 2 is 1.05 bits per heavy atom. The van der Waals surface area contributed by atoms with E-state index in [9.17, 15) is 48.2 Å². The van der Waals surface area contributed by atoms with E-state index in [2.05, 4.69) is 30.3 Å². The van der Waals surface area contributed by atoms with Crippen LogP contribution in [0.2, 0.25) is 0 Å². The van der Waals surface area contributed by atoms with E-state index in [4.69, 9.17) is 42.4 Å². The van der Waals surface area contributed by atoms with Gasteiger partial charge in [0.15, 0.2) is 0 Å². The topological polar surface area (TPSA) is 341 Å². The first-order valence-corrected chi connectivity index (χ1v) is 23.1. The molecule has 27 heteroatoms. The highest BCUT2D eigenvalue weighted by Gasteiger charge is 2.24. The zero-order valence-electron chi connectivity index (χ0n) is 35.8. The molecule has 0 saturated heterocycles. The van der Waals surface area contributed by atoms with Crippen molar-refractivity contribution in [1.82, 2.24) is 21.3 Å². The minimum absolute atomic E-state index is 0.0266. The number of aliphatic hydroxyl groups excluding tert-OH is 1. The van der Waals surface area contributed by atoms with E-state index in [-0.39, 0.29) is 155 Å². The Labute approximate surface area is 362 Å². The van der Waals surface area contributed by atoms with Gasteiger partial charge in [-0.3, -0.25) is 37.3 Å². The van der Waals surface area contributed by atoms with Crippen molar-refractivity contribution in [3.63, 3.8) is 0 Å². The van der Waals surface area contributed by atoms with E-state index in [1.54, 1.807) is 13.8 Å². The molecular weight excluding hydrogens is 874 g/mol. The van der Waals surface area contributed by atoms with Crippen LogP contribution < -0.4 is 21.3 Å². The second-order valence-corrected chi connectivity index (χ2v) is 16.3.